The van der Waals surface area contributed by atoms with Crippen molar-refractivity contribution in [3.8, 4) is 0 Å². The lowest BCUT2D eigenvalue weighted by molar-refractivity contribution is 0.0697. The first-order chi connectivity index (χ1) is 10.1. The first kappa shape index (κ1) is 13.4. The fourth-order valence-electron chi connectivity index (χ4n) is 2.46. The van der Waals surface area contributed by atoms with Crippen LogP contribution in [0, 0.1) is 6.92 Å². The molecule has 106 valence electrons. The highest BCUT2D eigenvalue weighted by Gasteiger charge is 2.08. The molecule has 0 aliphatic carbocycles. The predicted molar refractivity (Wildman–Crippen MR) is 81.6 cm³/mol. The largest absolute Gasteiger partial charge is 0.478 e. The lowest BCUT2D eigenvalue weighted by Gasteiger charge is -2.03. The number of rotatable bonds is 4. The Morgan fingerprint density at radius 1 is 1.19 bits per heavy atom. The third-order valence-corrected chi connectivity index (χ3v) is 3.67. The van der Waals surface area contributed by atoms with Gasteiger partial charge in [0.1, 0.15) is 5.82 Å². The number of aromatic nitrogens is 2. The number of hydrogen-bond donors (Lipinski definition) is 2. The summed E-state index contributed by atoms with van der Waals surface area (Å²) in [6.07, 6.45) is 1.72. The van der Waals surface area contributed by atoms with E-state index in [2.05, 4.69) is 29.0 Å². The molecule has 0 radical (unpaired) electrons. The molecular weight excluding hydrogens is 264 g/mol. The van der Waals surface area contributed by atoms with Crippen LogP contribution in [0.25, 0.3) is 11.0 Å². The fourth-order valence-corrected chi connectivity index (χ4v) is 2.46. The van der Waals surface area contributed by atoms with E-state index < -0.39 is 5.97 Å². The van der Waals surface area contributed by atoms with Gasteiger partial charge in [-0.25, -0.2) is 9.78 Å². The second kappa shape index (κ2) is 5.40. The molecule has 0 amide bonds. The van der Waals surface area contributed by atoms with E-state index in [1.54, 1.807) is 18.2 Å². The number of nitrogens with zero attached hydrogens (tertiary/aromatic N) is 1. The maximum atomic E-state index is 11.0. The van der Waals surface area contributed by atoms with E-state index in [1.165, 1.54) is 11.1 Å². The van der Waals surface area contributed by atoms with Gasteiger partial charge in [-0.05, 0) is 42.7 Å². The third-order valence-electron chi connectivity index (χ3n) is 3.67. The van der Waals surface area contributed by atoms with Gasteiger partial charge in [0.15, 0.2) is 0 Å². The van der Waals surface area contributed by atoms with Crippen LogP contribution in [0.5, 0.6) is 0 Å². The molecule has 2 N–H and O–H groups in total. The summed E-state index contributed by atoms with van der Waals surface area (Å²) >= 11 is 0. The minimum atomic E-state index is -0.923. The maximum Gasteiger partial charge on any atom is 0.335 e. The standard InChI is InChI=1S/C17H16N2O2/c1-11-4-2-3-5-12(11)7-9-16-18-14-8-6-13(17(20)21)10-15(14)19-16/h2-6,8,10H,7,9H2,1H3,(H,18,19)(H,20,21). The van der Waals surface area contributed by atoms with Crippen molar-refractivity contribution in [2.75, 3.05) is 0 Å². The second-order valence-corrected chi connectivity index (χ2v) is 5.15. The maximum absolute atomic E-state index is 11.0. The number of carboxylic acids is 1. The number of aromatic amines is 1. The van der Waals surface area contributed by atoms with E-state index in [4.69, 9.17) is 5.11 Å². The third kappa shape index (κ3) is 2.79. The van der Waals surface area contributed by atoms with E-state index >= 15 is 0 Å². The number of nitrogens with one attached hydrogen (secondary N) is 1. The zero-order valence-electron chi connectivity index (χ0n) is 11.8. The van der Waals surface area contributed by atoms with Gasteiger partial charge in [-0.15, -0.1) is 0 Å². The summed E-state index contributed by atoms with van der Waals surface area (Å²) in [5, 5.41) is 9.00. The molecule has 2 aromatic carbocycles. The molecule has 3 rings (SSSR count). The Balaban J connectivity index is 1.82. The van der Waals surface area contributed by atoms with Crippen molar-refractivity contribution in [2.24, 2.45) is 0 Å². The number of imidazole rings is 1. The molecule has 4 heteroatoms. The number of fused-ring (bicyclic) bond motifs is 1. The lowest BCUT2D eigenvalue weighted by Crippen LogP contribution is -1.95. The van der Waals surface area contributed by atoms with Crippen molar-refractivity contribution in [3.05, 3.63) is 65.0 Å². The van der Waals surface area contributed by atoms with Crippen LogP contribution in [0.3, 0.4) is 0 Å². The van der Waals surface area contributed by atoms with E-state index in [0.29, 0.717) is 0 Å². The van der Waals surface area contributed by atoms with E-state index in [1.807, 2.05) is 12.1 Å². The molecule has 1 aromatic heterocycles. The molecule has 0 aliphatic heterocycles. The van der Waals surface area contributed by atoms with Crippen LogP contribution in [0.4, 0.5) is 0 Å². The molecule has 0 saturated carbocycles. The van der Waals surface area contributed by atoms with E-state index in [-0.39, 0.29) is 5.56 Å². The first-order valence-corrected chi connectivity index (χ1v) is 6.90. The molecule has 0 fully saturated rings. The van der Waals surface area contributed by atoms with Gasteiger partial charge >= 0.3 is 5.97 Å². The summed E-state index contributed by atoms with van der Waals surface area (Å²) in [7, 11) is 0. The van der Waals surface area contributed by atoms with E-state index in [0.717, 1.165) is 29.7 Å². The molecule has 1 heterocycles. The van der Waals surface area contributed by atoms with Crippen LogP contribution in [-0.2, 0) is 12.8 Å². The topological polar surface area (TPSA) is 66.0 Å². The van der Waals surface area contributed by atoms with Crippen molar-refractivity contribution >= 4 is 17.0 Å². The smallest absolute Gasteiger partial charge is 0.335 e. The number of carboxylic acid groups (broad SMARTS) is 1. The van der Waals surface area contributed by atoms with Crippen molar-refractivity contribution in [3.63, 3.8) is 0 Å². The van der Waals surface area contributed by atoms with Crippen LogP contribution in [-0.4, -0.2) is 21.0 Å². The molecule has 0 bridgehead atoms. The van der Waals surface area contributed by atoms with Gasteiger partial charge in [0.25, 0.3) is 0 Å². The molecule has 4 nitrogen and oxygen atoms in total. The zero-order valence-corrected chi connectivity index (χ0v) is 11.8. The Kier molecular flexibility index (Phi) is 3.44. The lowest BCUT2D eigenvalue weighted by atomic mass is 10.0. The number of benzene rings is 2. The summed E-state index contributed by atoms with van der Waals surface area (Å²) in [6, 6.07) is 13.3. The van der Waals surface area contributed by atoms with Gasteiger partial charge < -0.3 is 10.1 Å². The van der Waals surface area contributed by atoms with Crippen molar-refractivity contribution < 1.29 is 9.90 Å². The quantitative estimate of drug-likeness (QED) is 0.770. The fraction of sp³-hybridized carbons (Fsp3) is 0.176. The minimum Gasteiger partial charge on any atom is -0.478 e. The van der Waals surface area contributed by atoms with Gasteiger partial charge in [0, 0.05) is 6.42 Å². The second-order valence-electron chi connectivity index (χ2n) is 5.15. The molecule has 3 aromatic rings. The average molecular weight is 280 g/mol. The highest BCUT2D eigenvalue weighted by molar-refractivity contribution is 5.92. The van der Waals surface area contributed by atoms with Gasteiger partial charge in [-0.1, -0.05) is 24.3 Å². The number of aryl methyl sites for hydroxylation is 3. The molecule has 0 aliphatic rings. The molecule has 0 spiro atoms. The van der Waals surface area contributed by atoms with Gasteiger partial charge in [0.05, 0.1) is 16.6 Å². The average Bonchev–Trinajstić information content (AvgIpc) is 2.88. The minimum absolute atomic E-state index is 0.275. The van der Waals surface area contributed by atoms with Crippen molar-refractivity contribution in [1.82, 2.24) is 9.97 Å². The number of H-pyrrole nitrogens is 1. The highest BCUT2D eigenvalue weighted by atomic mass is 16.4. The Hall–Kier alpha value is -2.62. The molecule has 0 saturated heterocycles. The summed E-state index contributed by atoms with van der Waals surface area (Å²) < 4.78 is 0. The van der Waals surface area contributed by atoms with E-state index in [9.17, 15) is 4.79 Å². The Labute approximate surface area is 122 Å². The predicted octanol–water partition coefficient (Wildman–Crippen LogP) is 3.35. The van der Waals surface area contributed by atoms with Gasteiger partial charge in [0.2, 0.25) is 0 Å². The first-order valence-electron chi connectivity index (χ1n) is 6.90. The van der Waals surface area contributed by atoms with Crippen LogP contribution in [0.15, 0.2) is 42.5 Å². The molecule has 0 unspecified atom stereocenters. The number of aromatic carboxylic acids is 1. The zero-order chi connectivity index (χ0) is 14.8. The van der Waals surface area contributed by atoms with Crippen molar-refractivity contribution in [1.29, 1.82) is 0 Å². The summed E-state index contributed by atoms with van der Waals surface area (Å²) in [4.78, 5) is 18.7. The number of carbonyl (C=O) groups is 1. The van der Waals surface area contributed by atoms with Crippen LogP contribution >= 0.6 is 0 Å². The Bertz CT molecular complexity index is 805. The Morgan fingerprint density at radius 3 is 2.76 bits per heavy atom. The molecular formula is C17H16N2O2. The Morgan fingerprint density at radius 2 is 2.00 bits per heavy atom. The SMILES string of the molecule is Cc1ccccc1CCc1nc2ccc(C(=O)O)cc2[nH]1. The number of hydrogen-bond acceptors (Lipinski definition) is 2. The molecule has 21 heavy (non-hydrogen) atoms. The summed E-state index contributed by atoms with van der Waals surface area (Å²) in [5.41, 5.74) is 4.44. The van der Waals surface area contributed by atoms with Gasteiger partial charge in [-0.2, -0.15) is 0 Å². The van der Waals surface area contributed by atoms with Crippen LogP contribution < -0.4 is 0 Å². The normalized spacial score (nSPS) is 10.9. The summed E-state index contributed by atoms with van der Waals surface area (Å²) in [5.74, 6) is -0.0382. The highest BCUT2D eigenvalue weighted by Crippen LogP contribution is 2.16. The van der Waals surface area contributed by atoms with Crippen LogP contribution in [0.2, 0.25) is 0 Å². The summed E-state index contributed by atoms with van der Waals surface area (Å²) in [6.45, 7) is 2.10. The molecule has 0 atom stereocenters. The van der Waals surface area contributed by atoms with Crippen LogP contribution in [0.1, 0.15) is 27.3 Å². The van der Waals surface area contributed by atoms with Gasteiger partial charge in [-0.3, -0.25) is 0 Å². The monoisotopic (exact) mass is 280 g/mol. The van der Waals surface area contributed by atoms with Crippen molar-refractivity contribution in [2.45, 2.75) is 19.8 Å².